The van der Waals surface area contributed by atoms with Crippen molar-refractivity contribution in [2.45, 2.75) is 25.3 Å². The lowest BCUT2D eigenvalue weighted by atomic mass is 9.89. The molecule has 0 saturated carbocycles. The summed E-state index contributed by atoms with van der Waals surface area (Å²) in [6.07, 6.45) is 0.866. The smallest absolute Gasteiger partial charge is 0.409 e. The summed E-state index contributed by atoms with van der Waals surface area (Å²) in [7, 11) is 2.17. The Morgan fingerprint density at radius 3 is 3.00 bits per heavy atom. The molecule has 3 aliphatic rings. The number of likely N-dealkylation sites (tertiary alicyclic amines) is 1. The van der Waals surface area contributed by atoms with Crippen LogP contribution in [0.25, 0.3) is 0 Å². The van der Waals surface area contributed by atoms with Crippen LogP contribution in [0.5, 0.6) is 0 Å². The van der Waals surface area contributed by atoms with Gasteiger partial charge in [-0.15, -0.1) is 0 Å². The predicted molar refractivity (Wildman–Crippen MR) is 86.8 cm³/mol. The number of hydrogen-bond donors (Lipinski definition) is 0. The van der Waals surface area contributed by atoms with Gasteiger partial charge in [0, 0.05) is 45.2 Å². The zero-order valence-electron chi connectivity index (χ0n) is 13.3. The Morgan fingerprint density at radius 1 is 1.32 bits per heavy atom. The third-order valence-corrected chi connectivity index (χ3v) is 5.32. The summed E-state index contributed by atoms with van der Waals surface area (Å²) >= 11 is 0. The highest BCUT2D eigenvalue weighted by molar-refractivity contribution is 5.81. The number of benzene rings is 1. The first kappa shape index (κ1) is 13.7. The molecule has 5 heteroatoms. The van der Waals surface area contributed by atoms with Gasteiger partial charge in [0.1, 0.15) is 0 Å². The van der Waals surface area contributed by atoms with Crippen LogP contribution in [0.4, 0.5) is 16.2 Å². The van der Waals surface area contributed by atoms with Crippen LogP contribution in [-0.4, -0.2) is 56.9 Å². The fourth-order valence-electron chi connectivity index (χ4n) is 4.29. The van der Waals surface area contributed by atoms with Crippen molar-refractivity contribution in [3.8, 4) is 0 Å². The highest BCUT2D eigenvalue weighted by atomic mass is 16.6. The number of nitrogens with zero attached hydrogens (tertiary/aromatic N) is 3. The van der Waals surface area contributed by atoms with Gasteiger partial charge in [0.25, 0.3) is 0 Å². The molecule has 22 heavy (non-hydrogen) atoms. The first-order chi connectivity index (χ1) is 10.7. The van der Waals surface area contributed by atoms with Crippen molar-refractivity contribution >= 4 is 17.5 Å². The SMILES string of the molecule is CCOC(=O)N1CC[C@H]2C(C1)c1cccc3c1N2CCN3C. The van der Waals surface area contributed by atoms with Crippen LogP contribution in [0.1, 0.15) is 24.8 Å². The molecule has 3 aliphatic heterocycles. The molecule has 5 nitrogen and oxygen atoms in total. The van der Waals surface area contributed by atoms with E-state index >= 15 is 0 Å². The Kier molecular flexibility index (Phi) is 3.17. The summed E-state index contributed by atoms with van der Waals surface area (Å²) in [5.41, 5.74) is 4.14. The van der Waals surface area contributed by atoms with Crippen molar-refractivity contribution in [2.24, 2.45) is 0 Å². The van der Waals surface area contributed by atoms with Gasteiger partial charge in [0.2, 0.25) is 0 Å². The van der Waals surface area contributed by atoms with Crippen LogP contribution in [0.3, 0.4) is 0 Å². The maximum Gasteiger partial charge on any atom is 0.409 e. The van der Waals surface area contributed by atoms with Gasteiger partial charge in [0.15, 0.2) is 0 Å². The van der Waals surface area contributed by atoms with E-state index in [9.17, 15) is 4.79 Å². The number of carbonyl (C=O) groups is 1. The van der Waals surface area contributed by atoms with Crippen molar-refractivity contribution in [1.29, 1.82) is 0 Å². The van der Waals surface area contributed by atoms with Gasteiger partial charge in [-0.05, 0) is 25.0 Å². The topological polar surface area (TPSA) is 36.0 Å². The number of rotatable bonds is 1. The Bertz CT molecular complexity index is 604. The van der Waals surface area contributed by atoms with Crippen molar-refractivity contribution in [3.05, 3.63) is 23.8 Å². The maximum atomic E-state index is 12.1. The van der Waals surface area contributed by atoms with Crippen molar-refractivity contribution in [2.75, 3.05) is 49.6 Å². The quantitative estimate of drug-likeness (QED) is 0.797. The Morgan fingerprint density at radius 2 is 2.18 bits per heavy atom. The molecule has 2 atom stereocenters. The molecule has 3 heterocycles. The van der Waals surface area contributed by atoms with Gasteiger partial charge >= 0.3 is 6.09 Å². The largest absolute Gasteiger partial charge is 0.450 e. The number of anilines is 2. The van der Waals surface area contributed by atoms with Crippen LogP contribution in [-0.2, 0) is 4.74 Å². The molecular formula is C17H23N3O2. The molecule has 1 aromatic carbocycles. The fraction of sp³-hybridized carbons (Fsp3) is 0.588. The average molecular weight is 301 g/mol. The summed E-state index contributed by atoms with van der Waals surface area (Å²) in [4.78, 5) is 18.9. The fourth-order valence-corrected chi connectivity index (χ4v) is 4.29. The first-order valence-corrected chi connectivity index (χ1v) is 8.23. The molecule has 0 radical (unpaired) electrons. The summed E-state index contributed by atoms with van der Waals surface area (Å²) < 4.78 is 5.19. The van der Waals surface area contributed by atoms with E-state index in [0.29, 0.717) is 18.6 Å². The first-order valence-electron chi connectivity index (χ1n) is 8.23. The van der Waals surface area contributed by atoms with Crippen LogP contribution in [0.15, 0.2) is 18.2 Å². The number of amides is 1. The second-order valence-electron chi connectivity index (χ2n) is 6.44. The molecule has 1 aromatic rings. The minimum absolute atomic E-state index is 0.163. The zero-order valence-corrected chi connectivity index (χ0v) is 13.3. The summed E-state index contributed by atoms with van der Waals surface area (Å²) in [5, 5.41) is 0. The van der Waals surface area contributed by atoms with Gasteiger partial charge in [-0.25, -0.2) is 4.79 Å². The van der Waals surface area contributed by atoms with E-state index < -0.39 is 0 Å². The molecule has 4 rings (SSSR count). The second kappa shape index (κ2) is 5.07. The monoisotopic (exact) mass is 301 g/mol. The van der Waals surface area contributed by atoms with Crippen molar-refractivity contribution in [1.82, 2.24) is 4.90 Å². The molecule has 1 saturated heterocycles. The van der Waals surface area contributed by atoms with E-state index in [1.807, 2.05) is 11.8 Å². The molecule has 1 unspecified atom stereocenters. The van der Waals surface area contributed by atoms with Crippen LogP contribution in [0, 0.1) is 0 Å². The minimum Gasteiger partial charge on any atom is -0.450 e. The highest BCUT2D eigenvalue weighted by Gasteiger charge is 2.45. The van der Waals surface area contributed by atoms with Crippen LogP contribution in [0.2, 0.25) is 0 Å². The molecule has 0 aliphatic carbocycles. The van der Waals surface area contributed by atoms with Crippen LogP contribution >= 0.6 is 0 Å². The number of ether oxygens (including phenoxy) is 1. The number of hydrogen-bond acceptors (Lipinski definition) is 4. The molecule has 0 bridgehead atoms. The van der Waals surface area contributed by atoms with E-state index in [0.717, 1.165) is 32.6 Å². The zero-order chi connectivity index (χ0) is 15.3. The molecule has 0 N–H and O–H groups in total. The van der Waals surface area contributed by atoms with E-state index in [1.54, 1.807) is 0 Å². The van der Waals surface area contributed by atoms with E-state index in [1.165, 1.54) is 16.9 Å². The third-order valence-electron chi connectivity index (χ3n) is 5.32. The number of fused-ring (bicyclic) bond motifs is 3. The number of carbonyl (C=O) groups excluding carboxylic acids is 1. The number of likely N-dealkylation sites (N-methyl/N-ethyl adjacent to an activating group) is 1. The molecule has 1 fully saturated rings. The molecule has 1 amide bonds. The van der Waals surface area contributed by atoms with Gasteiger partial charge in [0.05, 0.1) is 18.0 Å². The predicted octanol–water partition coefficient (Wildman–Crippen LogP) is 2.27. The molecule has 118 valence electrons. The minimum atomic E-state index is -0.163. The van der Waals surface area contributed by atoms with Gasteiger partial charge < -0.3 is 19.4 Å². The average Bonchev–Trinajstić information content (AvgIpc) is 2.86. The summed E-state index contributed by atoms with van der Waals surface area (Å²) in [5.74, 6) is 0.416. The lowest BCUT2D eigenvalue weighted by Crippen LogP contribution is -2.50. The van der Waals surface area contributed by atoms with Crippen molar-refractivity contribution < 1.29 is 9.53 Å². The van der Waals surface area contributed by atoms with Crippen molar-refractivity contribution in [3.63, 3.8) is 0 Å². The Balaban J connectivity index is 1.67. The van der Waals surface area contributed by atoms with E-state index in [-0.39, 0.29) is 6.09 Å². The Labute approximate surface area is 131 Å². The second-order valence-corrected chi connectivity index (χ2v) is 6.44. The standard InChI is InChI=1S/C17H23N3O2/c1-3-22-17(21)19-8-7-14-13(11-19)12-5-4-6-15-16(12)20(14)10-9-18(15)2/h4-6,13-14H,3,7-11H2,1-2H3/t13?,14-/m0/s1. The van der Waals surface area contributed by atoms with Crippen LogP contribution < -0.4 is 9.80 Å². The van der Waals surface area contributed by atoms with E-state index in [2.05, 4.69) is 35.0 Å². The molecular weight excluding hydrogens is 278 g/mol. The number of para-hydroxylation sites is 1. The molecule has 0 spiro atoms. The third kappa shape index (κ3) is 1.87. The lowest BCUT2D eigenvalue weighted by molar-refractivity contribution is 0.0934. The lowest BCUT2D eigenvalue weighted by Gasteiger charge is -2.41. The summed E-state index contributed by atoms with van der Waals surface area (Å²) in [6, 6.07) is 7.14. The Hall–Kier alpha value is -1.91. The molecule has 0 aromatic heterocycles. The van der Waals surface area contributed by atoms with E-state index in [4.69, 9.17) is 4.74 Å². The van der Waals surface area contributed by atoms with Gasteiger partial charge in [-0.1, -0.05) is 12.1 Å². The summed E-state index contributed by atoms with van der Waals surface area (Å²) in [6.45, 7) is 6.04. The van der Waals surface area contributed by atoms with Gasteiger partial charge in [-0.2, -0.15) is 0 Å². The van der Waals surface area contributed by atoms with Gasteiger partial charge in [-0.3, -0.25) is 0 Å². The maximum absolute atomic E-state index is 12.1. The number of piperidine rings is 1. The highest BCUT2D eigenvalue weighted by Crippen LogP contribution is 2.50. The normalized spacial score (nSPS) is 25.8.